The van der Waals surface area contributed by atoms with Gasteiger partial charge in [-0.05, 0) is 55.7 Å². The molecule has 1 amide bonds. The van der Waals surface area contributed by atoms with Crippen molar-refractivity contribution in [2.45, 2.75) is 65.2 Å². The molecule has 0 aliphatic heterocycles. The van der Waals surface area contributed by atoms with Crippen LogP contribution in [0.3, 0.4) is 0 Å². The largest absolute Gasteiger partial charge is 0.354 e. The fourth-order valence-electron chi connectivity index (χ4n) is 4.81. The highest BCUT2D eigenvalue weighted by Gasteiger charge is 2.26. The molecule has 148 valence electrons. The standard InChI is InChI=1S/C25H32N2O/c1-3-5-7-17-10-12-19(13-11-17)25(28)26-20-14-15-21-22-9-6-8-18(4-2)24(22)27-23(21)16-20/h6,8-9,14-17,19,27H,3-5,7,10-13H2,1-2H3,(H,26,28). The normalized spacial score (nSPS) is 19.9. The molecule has 1 saturated carbocycles. The number of aromatic nitrogens is 1. The number of amides is 1. The maximum atomic E-state index is 12.8. The Hall–Kier alpha value is -2.29. The minimum atomic E-state index is 0.169. The third-order valence-corrected chi connectivity index (χ3v) is 6.55. The van der Waals surface area contributed by atoms with Crippen LogP contribution in [0.5, 0.6) is 0 Å². The lowest BCUT2D eigenvalue weighted by molar-refractivity contribution is -0.121. The number of unbranched alkanes of at least 4 members (excludes halogenated alkanes) is 1. The van der Waals surface area contributed by atoms with Crippen LogP contribution in [-0.2, 0) is 11.2 Å². The molecule has 2 N–H and O–H groups in total. The highest BCUT2D eigenvalue weighted by molar-refractivity contribution is 6.09. The van der Waals surface area contributed by atoms with Crippen molar-refractivity contribution >= 4 is 33.4 Å². The number of para-hydroxylation sites is 1. The van der Waals surface area contributed by atoms with Gasteiger partial charge >= 0.3 is 0 Å². The summed E-state index contributed by atoms with van der Waals surface area (Å²) in [6.45, 7) is 4.44. The van der Waals surface area contributed by atoms with Gasteiger partial charge < -0.3 is 10.3 Å². The molecule has 3 aromatic rings. The summed E-state index contributed by atoms with van der Waals surface area (Å²) in [4.78, 5) is 16.3. The molecule has 0 spiro atoms. The number of anilines is 1. The molecular formula is C25H32N2O. The van der Waals surface area contributed by atoms with Gasteiger partial charge in [0.1, 0.15) is 0 Å². The van der Waals surface area contributed by atoms with Crippen molar-refractivity contribution in [3.8, 4) is 0 Å². The minimum absolute atomic E-state index is 0.169. The van der Waals surface area contributed by atoms with Gasteiger partial charge in [-0.1, -0.05) is 57.4 Å². The Morgan fingerprint density at radius 3 is 2.64 bits per heavy atom. The third kappa shape index (κ3) is 3.80. The SMILES string of the molecule is CCCCC1CCC(C(=O)Nc2ccc3c(c2)[nH]c2c(CC)cccc23)CC1. The lowest BCUT2D eigenvalue weighted by Crippen LogP contribution is -2.27. The van der Waals surface area contributed by atoms with E-state index in [0.717, 1.165) is 36.4 Å². The molecule has 2 aromatic carbocycles. The fourth-order valence-corrected chi connectivity index (χ4v) is 4.81. The molecule has 1 aliphatic rings. The van der Waals surface area contributed by atoms with Gasteiger partial charge in [0.25, 0.3) is 0 Å². The number of benzene rings is 2. The second-order valence-corrected chi connectivity index (χ2v) is 8.43. The zero-order valence-electron chi connectivity index (χ0n) is 17.2. The van der Waals surface area contributed by atoms with E-state index in [1.165, 1.54) is 54.0 Å². The quantitative estimate of drug-likeness (QED) is 0.487. The molecular weight excluding hydrogens is 344 g/mol. The summed E-state index contributed by atoms with van der Waals surface area (Å²) in [6.07, 6.45) is 9.43. The molecule has 4 rings (SSSR count). The lowest BCUT2D eigenvalue weighted by Gasteiger charge is -2.27. The number of carbonyl (C=O) groups excluding carboxylic acids is 1. The molecule has 28 heavy (non-hydrogen) atoms. The van der Waals surface area contributed by atoms with E-state index in [0.29, 0.717) is 0 Å². The van der Waals surface area contributed by atoms with Crippen molar-refractivity contribution in [1.29, 1.82) is 0 Å². The van der Waals surface area contributed by atoms with Crippen LogP contribution in [0.15, 0.2) is 36.4 Å². The van der Waals surface area contributed by atoms with Gasteiger partial charge in [-0.15, -0.1) is 0 Å². The van der Waals surface area contributed by atoms with E-state index in [1.54, 1.807) is 0 Å². The van der Waals surface area contributed by atoms with Gasteiger partial charge in [-0.25, -0.2) is 0 Å². The van der Waals surface area contributed by atoms with Crippen molar-refractivity contribution in [1.82, 2.24) is 4.98 Å². The number of aryl methyl sites for hydroxylation is 1. The van der Waals surface area contributed by atoms with Crippen molar-refractivity contribution in [3.63, 3.8) is 0 Å². The smallest absolute Gasteiger partial charge is 0.227 e. The van der Waals surface area contributed by atoms with Gasteiger partial charge in [-0.3, -0.25) is 4.79 Å². The van der Waals surface area contributed by atoms with Crippen molar-refractivity contribution in [2.24, 2.45) is 11.8 Å². The van der Waals surface area contributed by atoms with E-state index >= 15 is 0 Å². The van der Waals surface area contributed by atoms with E-state index < -0.39 is 0 Å². The Balaban J connectivity index is 1.46. The number of aromatic amines is 1. The molecule has 3 heteroatoms. The monoisotopic (exact) mass is 376 g/mol. The van der Waals surface area contributed by atoms with Crippen molar-refractivity contribution in [3.05, 3.63) is 42.0 Å². The topological polar surface area (TPSA) is 44.9 Å². The van der Waals surface area contributed by atoms with Crippen molar-refractivity contribution < 1.29 is 4.79 Å². The Kier molecular flexibility index (Phi) is 5.70. The third-order valence-electron chi connectivity index (χ3n) is 6.55. The molecule has 0 atom stereocenters. The molecule has 0 unspecified atom stereocenters. The number of carbonyl (C=O) groups is 1. The number of hydrogen-bond donors (Lipinski definition) is 2. The van der Waals surface area contributed by atoms with E-state index in [1.807, 2.05) is 6.07 Å². The molecule has 0 radical (unpaired) electrons. The van der Waals surface area contributed by atoms with E-state index in [9.17, 15) is 4.79 Å². The number of nitrogens with one attached hydrogen (secondary N) is 2. The average molecular weight is 377 g/mol. The average Bonchev–Trinajstić information content (AvgIpc) is 3.10. The number of hydrogen-bond acceptors (Lipinski definition) is 1. The summed E-state index contributed by atoms with van der Waals surface area (Å²) < 4.78 is 0. The maximum absolute atomic E-state index is 12.8. The second kappa shape index (κ2) is 8.38. The number of rotatable bonds is 6. The van der Waals surface area contributed by atoms with Gasteiger partial charge in [0, 0.05) is 33.4 Å². The first-order valence-electron chi connectivity index (χ1n) is 11.0. The summed E-state index contributed by atoms with van der Waals surface area (Å²) in [6, 6.07) is 12.7. The highest BCUT2D eigenvalue weighted by Crippen LogP contribution is 2.33. The van der Waals surface area contributed by atoms with Crippen molar-refractivity contribution in [2.75, 3.05) is 5.32 Å². The fraction of sp³-hybridized carbons (Fsp3) is 0.480. The van der Waals surface area contributed by atoms with E-state index in [-0.39, 0.29) is 11.8 Å². The lowest BCUT2D eigenvalue weighted by atomic mass is 9.79. The van der Waals surface area contributed by atoms with Crippen LogP contribution >= 0.6 is 0 Å². The van der Waals surface area contributed by atoms with Crippen LogP contribution in [0.2, 0.25) is 0 Å². The predicted molar refractivity (Wildman–Crippen MR) is 119 cm³/mol. The summed E-state index contributed by atoms with van der Waals surface area (Å²) >= 11 is 0. The first kappa shape index (κ1) is 19.0. The molecule has 1 aliphatic carbocycles. The number of fused-ring (bicyclic) bond motifs is 3. The molecule has 0 bridgehead atoms. The van der Waals surface area contributed by atoms with Crippen LogP contribution in [-0.4, -0.2) is 10.9 Å². The second-order valence-electron chi connectivity index (χ2n) is 8.43. The van der Waals surface area contributed by atoms with Crippen LogP contribution in [0.25, 0.3) is 21.8 Å². The molecule has 0 saturated heterocycles. The molecule has 3 nitrogen and oxygen atoms in total. The summed E-state index contributed by atoms with van der Waals surface area (Å²) in [5, 5.41) is 5.66. The van der Waals surface area contributed by atoms with Crippen LogP contribution < -0.4 is 5.32 Å². The zero-order chi connectivity index (χ0) is 19.5. The predicted octanol–water partition coefficient (Wildman–Crippen LogP) is 6.82. The Bertz CT molecular complexity index is 963. The Morgan fingerprint density at radius 2 is 1.89 bits per heavy atom. The van der Waals surface area contributed by atoms with Crippen LogP contribution in [0.1, 0.15) is 64.4 Å². The van der Waals surface area contributed by atoms with E-state index in [4.69, 9.17) is 0 Å². The molecule has 1 fully saturated rings. The summed E-state index contributed by atoms with van der Waals surface area (Å²) in [5.41, 5.74) is 4.54. The Labute approximate surface area is 167 Å². The van der Waals surface area contributed by atoms with Crippen LogP contribution in [0, 0.1) is 11.8 Å². The van der Waals surface area contributed by atoms with Gasteiger partial charge in [0.2, 0.25) is 5.91 Å². The van der Waals surface area contributed by atoms with E-state index in [2.05, 4.69) is 54.5 Å². The molecule has 1 heterocycles. The van der Waals surface area contributed by atoms with Gasteiger partial charge in [0.05, 0.1) is 0 Å². The highest BCUT2D eigenvalue weighted by atomic mass is 16.1. The first-order chi connectivity index (χ1) is 13.7. The number of H-pyrrole nitrogens is 1. The zero-order valence-corrected chi connectivity index (χ0v) is 17.2. The van der Waals surface area contributed by atoms with Gasteiger partial charge in [0.15, 0.2) is 0 Å². The molecule has 1 aromatic heterocycles. The van der Waals surface area contributed by atoms with Crippen LogP contribution in [0.4, 0.5) is 5.69 Å². The van der Waals surface area contributed by atoms with Gasteiger partial charge in [-0.2, -0.15) is 0 Å². The Morgan fingerprint density at radius 1 is 1.07 bits per heavy atom. The maximum Gasteiger partial charge on any atom is 0.227 e. The first-order valence-corrected chi connectivity index (χ1v) is 11.0. The summed E-state index contributed by atoms with van der Waals surface area (Å²) in [5.74, 6) is 1.20. The summed E-state index contributed by atoms with van der Waals surface area (Å²) in [7, 11) is 0. The minimum Gasteiger partial charge on any atom is -0.354 e.